The average Bonchev–Trinajstić information content (AvgIpc) is 2.10. The van der Waals surface area contributed by atoms with Crippen LogP contribution in [0.2, 0.25) is 0 Å². The maximum atomic E-state index is 11.8. The molecule has 1 amide bonds. The third kappa shape index (κ3) is 4.11. The molecule has 14 heavy (non-hydrogen) atoms. The van der Waals surface area contributed by atoms with Crippen molar-refractivity contribution in [3.63, 3.8) is 0 Å². The Morgan fingerprint density at radius 2 is 1.86 bits per heavy atom. The molecule has 0 radical (unpaired) electrons. The number of methoxy groups -OCH3 is 1. The van der Waals surface area contributed by atoms with E-state index in [-0.39, 0.29) is 13.0 Å². The van der Waals surface area contributed by atoms with Gasteiger partial charge in [0, 0.05) is 13.6 Å². The highest BCUT2D eigenvalue weighted by atomic mass is 19.4. The predicted octanol–water partition coefficient (Wildman–Crippen LogP) is 0.570. The molecule has 0 N–H and O–H groups in total. The number of amides is 1. The van der Waals surface area contributed by atoms with E-state index in [9.17, 15) is 22.8 Å². The normalized spacial score (nSPS) is 10.9. The standard InChI is InChI=1S/C7H10F3NO3/c1-11(4-3-5(12)14-2)6(13)7(8,9)10/h3-4H2,1-2H3. The Hall–Kier alpha value is -1.27. The van der Waals surface area contributed by atoms with Gasteiger partial charge < -0.3 is 9.64 Å². The van der Waals surface area contributed by atoms with Gasteiger partial charge in [0.1, 0.15) is 0 Å². The summed E-state index contributed by atoms with van der Waals surface area (Å²) in [5.74, 6) is -2.63. The van der Waals surface area contributed by atoms with Crippen molar-refractivity contribution in [3.8, 4) is 0 Å². The van der Waals surface area contributed by atoms with Crippen molar-refractivity contribution in [2.45, 2.75) is 12.6 Å². The Morgan fingerprint density at radius 3 is 2.21 bits per heavy atom. The third-order valence-electron chi connectivity index (χ3n) is 1.47. The summed E-state index contributed by atoms with van der Waals surface area (Å²) in [5, 5.41) is 0. The fourth-order valence-electron chi connectivity index (χ4n) is 0.679. The first-order valence-electron chi connectivity index (χ1n) is 3.68. The Balaban J connectivity index is 4.03. The van der Waals surface area contributed by atoms with Crippen LogP contribution in [-0.2, 0) is 14.3 Å². The zero-order chi connectivity index (χ0) is 11.4. The van der Waals surface area contributed by atoms with Crippen molar-refractivity contribution in [3.05, 3.63) is 0 Å². The molecular weight excluding hydrogens is 203 g/mol. The third-order valence-corrected chi connectivity index (χ3v) is 1.47. The van der Waals surface area contributed by atoms with Gasteiger partial charge in [-0.05, 0) is 0 Å². The van der Waals surface area contributed by atoms with Gasteiger partial charge in [0.25, 0.3) is 0 Å². The lowest BCUT2D eigenvalue weighted by atomic mass is 10.4. The van der Waals surface area contributed by atoms with Gasteiger partial charge in [-0.25, -0.2) is 0 Å². The zero-order valence-electron chi connectivity index (χ0n) is 7.72. The van der Waals surface area contributed by atoms with Crippen LogP contribution < -0.4 is 0 Å². The van der Waals surface area contributed by atoms with E-state index in [0.717, 1.165) is 14.2 Å². The van der Waals surface area contributed by atoms with Crippen LogP contribution in [0, 0.1) is 0 Å². The fraction of sp³-hybridized carbons (Fsp3) is 0.714. The summed E-state index contributed by atoms with van der Waals surface area (Å²) in [6, 6.07) is 0. The topological polar surface area (TPSA) is 46.6 Å². The van der Waals surface area contributed by atoms with Gasteiger partial charge in [0.15, 0.2) is 0 Å². The minimum Gasteiger partial charge on any atom is -0.469 e. The lowest BCUT2D eigenvalue weighted by Gasteiger charge is -2.17. The van der Waals surface area contributed by atoms with E-state index in [1.807, 2.05) is 0 Å². The molecule has 0 spiro atoms. The molecule has 82 valence electrons. The molecular formula is C7H10F3NO3. The molecule has 0 heterocycles. The highest BCUT2D eigenvalue weighted by Gasteiger charge is 2.41. The minimum absolute atomic E-state index is 0.255. The number of nitrogens with zero attached hydrogens (tertiary/aromatic N) is 1. The summed E-state index contributed by atoms with van der Waals surface area (Å²) in [7, 11) is 2.09. The minimum atomic E-state index is -4.90. The monoisotopic (exact) mass is 213 g/mol. The van der Waals surface area contributed by atoms with Gasteiger partial charge in [-0.1, -0.05) is 0 Å². The van der Waals surface area contributed by atoms with Crippen LogP contribution in [0.25, 0.3) is 0 Å². The molecule has 0 atom stereocenters. The van der Waals surface area contributed by atoms with Gasteiger partial charge in [-0.15, -0.1) is 0 Å². The highest BCUT2D eigenvalue weighted by molar-refractivity contribution is 5.82. The summed E-state index contributed by atoms with van der Waals surface area (Å²) < 4.78 is 39.6. The van der Waals surface area contributed by atoms with Crippen LogP contribution in [0.3, 0.4) is 0 Å². The van der Waals surface area contributed by atoms with Crippen molar-refractivity contribution in [1.82, 2.24) is 4.90 Å². The van der Waals surface area contributed by atoms with E-state index in [4.69, 9.17) is 0 Å². The van der Waals surface area contributed by atoms with Crippen LogP contribution in [0.15, 0.2) is 0 Å². The Bertz CT molecular complexity index is 227. The lowest BCUT2D eigenvalue weighted by molar-refractivity contribution is -0.184. The Labute approximate surface area is 78.6 Å². The van der Waals surface area contributed by atoms with Crippen molar-refractivity contribution < 1.29 is 27.5 Å². The van der Waals surface area contributed by atoms with Crippen LogP contribution in [0.5, 0.6) is 0 Å². The van der Waals surface area contributed by atoms with Gasteiger partial charge in [-0.2, -0.15) is 13.2 Å². The molecule has 0 fully saturated rings. The highest BCUT2D eigenvalue weighted by Crippen LogP contribution is 2.17. The smallest absolute Gasteiger partial charge is 0.469 e. The number of esters is 1. The number of carbonyl (C=O) groups excluding carboxylic acids is 2. The van der Waals surface area contributed by atoms with E-state index in [1.54, 1.807) is 0 Å². The molecule has 0 aliphatic carbocycles. The number of ether oxygens (including phenoxy) is 1. The van der Waals surface area contributed by atoms with E-state index >= 15 is 0 Å². The van der Waals surface area contributed by atoms with Crippen molar-refractivity contribution in [2.24, 2.45) is 0 Å². The second-order valence-corrected chi connectivity index (χ2v) is 2.55. The molecule has 0 aromatic rings. The van der Waals surface area contributed by atoms with Gasteiger partial charge in [0.05, 0.1) is 13.5 Å². The summed E-state index contributed by atoms with van der Waals surface area (Å²) in [6.45, 7) is -0.314. The summed E-state index contributed by atoms with van der Waals surface area (Å²) in [5.41, 5.74) is 0. The van der Waals surface area contributed by atoms with E-state index in [2.05, 4.69) is 4.74 Å². The Morgan fingerprint density at radius 1 is 1.36 bits per heavy atom. The number of hydrogen-bond acceptors (Lipinski definition) is 3. The second-order valence-electron chi connectivity index (χ2n) is 2.55. The van der Waals surface area contributed by atoms with Crippen LogP contribution in [-0.4, -0.2) is 43.7 Å². The van der Waals surface area contributed by atoms with Gasteiger partial charge >= 0.3 is 18.1 Å². The molecule has 0 saturated heterocycles. The molecule has 0 aliphatic rings. The van der Waals surface area contributed by atoms with Crippen LogP contribution >= 0.6 is 0 Å². The number of halogens is 3. The van der Waals surface area contributed by atoms with Gasteiger partial charge in [-0.3, -0.25) is 9.59 Å². The number of rotatable bonds is 3. The lowest BCUT2D eigenvalue weighted by Crippen LogP contribution is -2.39. The molecule has 0 aromatic heterocycles. The van der Waals surface area contributed by atoms with Crippen molar-refractivity contribution >= 4 is 11.9 Å². The predicted molar refractivity (Wildman–Crippen MR) is 40.3 cm³/mol. The van der Waals surface area contributed by atoms with Crippen molar-refractivity contribution in [1.29, 1.82) is 0 Å². The maximum absolute atomic E-state index is 11.8. The van der Waals surface area contributed by atoms with Gasteiger partial charge in [0.2, 0.25) is 0 Å². The first-order chi connectivity index (χ1) is 6.29. The molecule has 4 nitrogen and oxygen atoms in total. The van der Waals surface area contributed by atoms with Crippen molar-refractivity contribution in [2.75, 3.05) is 20.7 Å². The molecule has 0 aromatic carbocycles. The average molecular weight is 213 g/mol. The zero-order valence-corrected chi connectivity index (χ0v) is 7.72. The number of alkyl halides is 3. The summed E-state index contributed by atoms with van der Waals surface area (Å²) in [6.07, 6.45) is -5.15. The van der Waals surface area contributed by atoms with E-state index < -0.39 is 18.1 Å². The molecule has 7 heteroatoms. The molecule has 0 rings (SSSR count). The summed E-state index contributed by atoms with van der Waals surface area (Å²) >= 11 is 0. The second kappa shape index (κ2) is 4.83. The number of hydrogen-bond donors (Lipinski definition) is 0. The molecule has 0 unspecified atom stereocenters. The largest absolute Gasteiger partial charge is 0.471 e. The quantitative estimate of drug-likeness (QED) is 0.644. The SMILES string of the molecule is COC(=O)CCN(C)C(=O)C(F)(F)F. The fourth-order valence-corrected chi connectivity index (χ4v) is 0.679. The van der Waals surface area contributed by atoms with E-state index in [1.165, 1.54) is 0 Å². The van der Waals surface area contributed by atoms with E-state index in [0.29, 0.717) is 4.90 Å². The molecule has 0 bridgehead atoms. The van der Waals surface area contributed by atoms with Crippen LogP contribution in [0.1, 0.15) is 6.42 Å². The molecule has 0 saturated carbocycles. The maximum Gasteiger partial charge on any atom is 0.471 e. The molecule has 0 aliphatic heterocycles. The Kier molecular flexibility index (Phi) is 4.39. The summed E-state index contributed by atoms with van der Waals surface area (Å²) in [4.78, 5) is 21.5. The first-order valence-corrected chi connectivity index (χ1v) is 3.68. The number of carbonyl (C=O) groups is 2. The van der Waals surface area contributed by atoms with Crippen LogP contribution in [0.4, 0.5) is 13.2 Å². The first kappa shape index (κ1) is 12.7.